The van der Waals surface area contributed by atoms with Crippen LogP contribution in [0.15, 0.2) is 461 Å². The van der Waals surface area contributed by atoms with Gasteiger partial charge in [-0.15, -0.1) is 0 Å². The first-order valence-electron chi connectivity index (χ1n) is 39.6. The topological polar surface area (TPSA) is 11.4 Å². The number of nitrogens with zero attached hydrogens (tertiary/aromatic N) is 3. The third-order valence-corrected chi connectivity index (χ3v) is 33.5. The van der Waals surface area contributed by atoms with Crippen molar-refractivity contribution in [2.24, 2.45) is 0 Å². The summed E-state index contributed by atoms with van der Waals surface area (Å²) in [6.07, 6.45) is 0. The van der Waals surface area contributed by atoms with Crippen LogP contribution in [0, 0.1) is 0 Å². The average molecular weight is 1480 g/mol. The summed E-state index contributed by atoms with van der Waals surface area (Å²) in [5.41, 5.74) is 25.1. The van der Waals surface area contributed by atoms with Crippen LogP contribution < -0.4 is 67.7 Å². The van der Waals surface area contributed by atoms with Crippen LogP contribution in [-0.4, -0.2) is 27.4 Å². The van der Waals surface area contributed by atoms with Gasteiger partial charge in [0, 0.05) is 50.6 Å². The Hall–Kier alpha value is -14.1. The van der Waals surface area contributed by atoms with Crippen LogP contribution in [0.25, 0.3) is 83.1 Å². The summed E-state index contributed by atoms with van der Waals surface area (Å²) in [4.78, 5) is 5.38. The molecule has 0 radical (unpaired) electrons. The van der Waals surface area contributed by atoms with Gasteiger partial charge in [-0.3, -0.25) is 0 Å². The molecule has 0 bridgehead atoms. The predicted octanol–water partition coefficient (Wildman–Crippen LogP) is 20.0. The van der Waals surface area contributed by atoms with Crippen molar-refractivity contribution < 1.29 is 0 Å². The molecular formula is C108H76BN3Si2. The van der Waals surface area contributed by atoms with Crippen molar-refractivity contribution >= 4 is 137 Å². The molecule has 19 aromatic rings. The van der Waals surface area contributed by atoms with Gasteiger partial charge < -0.3 is 14.4 Å². The largest absolute Gasteiger partial charge is 0.311 e. The standard InChI is InChI=1S/C108H76BN3Si2/c1-11-35-77(36-12-1)82-67-83(78-37-13-2-14-38-78)70-88(69-82)111-104-75-96(113(90-43-19-5-20-44-90,91-45-21-6-22-46-91)92-47-23-7-24-48-92)63-65-100(104)109-101-66-64-97(114(93-49-25-8-26-50-93,94-51-27-9-28-52-94)95-53-29-10-30-54-95)76-105(101)112(89-71-84(79-39-15-3-16-40-79)68-85(72-89)80-41-17-4-18-42-80)107-74-86(73-106(111)108(107)109)81-59-61-87(62-60-81)110-102-57-33-31-55-98(102)99-56-32-34-58-103(99)110/h1-76H. The summed E-state index contributed by atoms with van der Waals surface area (Å²) >= 11 is 0. The maximum Gasteiger partial charge on any atom is 0.252 e. The van der Waals surface area contributed by atoms with Crippen LogP contribution >= 0.6 is 0 Å². The fourth-order valence-electron chi connectivity index (χ4n) is 19.0. The second kappa shape index (κ2) is 28.6. The molecule has 21 rings (SSSR count). The van der Waals surface area contributed by atoms with Crippen molar-refractivity contribution in [1.82, 2.24) is 4.57 Å². The van der Waals surface area contributed by atoms with Crippen molar-refractivity contribution in [2.45, 2.75) is 0 Å². The molecule has 3 nitrogen and oxygen atoms in total. The van der Waals surface area contributed by atoms with E-state index < -0.39 is 16.1 Å². The fourth-order valence-corrected chi connectivity index (χ4v) is 28.5. The van der Waals surface area contributed by atoms with E-state index in [0.29, 0.717) is 0 Å². The van der Waals surface area contributed by atoms with E-state index in [4.69, 9.17) is 0 Å². The minimum Gasteiger partial charge on any atom is -0.311 e. The second-order valence-corrected chi connectivity index (χ2v) is 37.8. The maximum atomic E-state index is 2.69. The van der Waals surface area contributed by atoms with Crippen LogP contribution in [-0.2, 0) is 0 Å². The summed E-state index contributed by atoms with van der Waals surface area (Å²) in [5, 5.41) is 13.0. The lowest BCUT2D eigenvalue weighted by Gasteiger charge is -2.46. The molecule has 0 saturated heterocycles. The quantitative estimate of drug-likeness (QED) is 0.0706. The van der Waals surface area contributed by atoms with Crippen molar-refractivity contribution in [3.63, 3.8) is 0 Å². The normalized spacial score (nSPS) is 12.3. The Kier molecular flexibility index (Phi) is 17.1. The molecule has 0 unspecified atom stereocenters. The molecule has 114 heavy (non-hydrogen) atoms. The van der Waals surface area contributed by atoms with Gasteiger partial charge in [-0.2, -0.15) is 0 Å². The second-order valence-electron chi connectivity index (χ2n) is 30.2. The third kappa shape index (κ3) is 11.4. The molecule has 0 aliphatic carbocycles. The minimum absolute atomic E-state index is 0.276. The highest BCUT2D eigenvalue weighted by Gasteiger charge is 2.49. The zero-order chi connectivity index (χ0) is 75.5. The monoisotopic (exact) mass is 1480 g/mol. The molecule has 1 aromatic heterocycles. The molecule has 6 heteroatoms. The Bertz CT molecular complexity index is 6060. The smallest absolute Gasteiger partial charge is 0.252 e. The summed E-state index contributed by atoms with van der Waals surface area (Å²) in [5.74, 6) is 0. The van der Waals surface area contributed by atoms with E-state index in [9.17, 15) is 0 Å². The highest BCUT2D eigenvalue weighted by molar-refractivity contribution is 7.20. The van der Waals surface area contributed by atoms with E-state index in [1.54, 1.807) is 0 Å². The Morgan fingerprint density at radius 3 is 0.746 bits per heavy atom. The summed E-state index contributed by atoms with van der Waals surface area (Å²) in [6, 6.07) is 175. The minimum atomic E-state index is -3.22. The molecule has 534 valence electrons. The van der Waals surface area contributed by atoms with E-state index in [0.717, 1.165) is 95.4 Å². The molecule has 0 saturated carbocycles. The van der Waals surface area contributed by atoms with Gasteiger partial charge in [0.1, 0.15) is 0 Å². The van der Waals surface area contributed by atoms with Gasteiger partial charge in [0.2, 0.25) is 0 Å². The molecule has 0 amide bonds. The van der Waals surface area contributed by atoms with Crippen LogP contribution in [0.5, 0.6) is 0 Å². The van der Waals surface area contributed by atoms with Gasteiger partial charge in [0.15, 0.2) is 16.1 Å². The number of rotatable bonds is 16. The lowest BCUT2D eigenvalue weighted by atomic mass is 9.33. The molecule has 3 heterocycles. The average Bonchev–Trinajstić information content (AvgIpc) is 0.818. The maximum absolute atomic E-state index is 3.22. The molecule has 18 aromatic carbocycles. The van der Waals surface area contributed by atoms with Crippen LogP contribution in [0.4, 0.5) is 34.1 Å². The summed E-state index contributed by atoms with van der Waals surface area (Å²) < 4.78 is 2.43. The highest BCUT2D eigenvalue weighted by Crippen LogP contribution is 2.49. The fraction of sp³-hybridized carbons (Fsp3) is 0. The molecule has 0 atom stereocenters. The van der Waals surface area contributed by atoms with Crippen LogP contribution in [0.2, 0.25) is 0 Å². The van der Waals surface area contributed by atoms with E-state index in [1.165, 1.54) is 79.7 Å². The summed E-state index contributed by atoms with van der Waals surface area (Å²) in [6.45, 7) is -0.276. The number of hydrogen-bond acceptors (Lipinski definition) is 2. The Morgan fingerprint density at radius 2 is 0.439 bits per heavy atom. The van der Waals surface area contributed by atoms with Crippen molar-refractivity contribution in [3.05, 3.63) is 461 Å². The molecule has 0 fully saturated rings. The van der Waals surface area contributed by atoms with Gasteiger partial charge in [0.05, 0.1) is 11.0 Å². The lowest BCUT2D eigenvalue weighted by molar-refractivity contribution is 1.18. The SMILES string of the molecule is c1ccc(-c2cc(-c3ccccc3)cc(N3c4cc([Si](c5ccccc5)(c5ccccc5)c5ccccc5)ccc4B4c5ccc([Si](c6ccccc6)(c6ccccc6)c6ccccc6)cc5N(c5cc(-c6ccccc6)cc(-c6ccccc6)c5)c5cc(-c6ccc(-n7c8ccccc8c8ccccc87)cc6)cc3c54)c2)cc1. The number of hydrogen-bond donors (Lipinski definition) is 0. The van der Waals surface area contributed by atoms with E-state index in [-0.39, 0.29) is 6.71 Å². The van der Waals surface area contributed by atoms with E-state index >= 15 is 0 Å². The van der Waals surface area contributed by atoms with Gasteiger partial charge in [-0.25, -0.2) is 0 Å². The summed E-state index contributed by atoms with van der Waals surface area (Å²) in [7, 11) is -6.43. The highest BCUT2D eigenvalue weighted by atomic mass is 28.3. The Morgan fingerprint density at radius 1 is 0.175 bits per heavy atom. The number of para-hydroxylation sites is 2. The predicted molar refractivity (Wildman–Crippen MR) is 489 cm³/mol. The van der Waals surface area contributed by atoms with Crippen molar-refractivity contribution in [3.8, 4) is 61.3 Å². The van der Waals surface area contributed by atoms with Gasteiger partial charge in [-0.1, -0.05) is 376 Å². The van der Waals surface area contributed by atoms with Gasteiger partial charge >= 0.3 is 0 Å². The van der Waals surface area contributed by atoms with Gasteiger partial charge in [0.25, 0.3) is 6.71 Å². The molecule has 2 aliphatic rings. The molecule has 0 spiro atoms. The van der Waals surface area contributed by atoms with E-state index in [2.05, 4.69) is 475 Å². The Labute approximate surface area is 668 Å². The zero-order valence-corrected chi connectivity index (χ0v) is 64.8. The Balaban J connectivity index is 0.921. The number of fused-ring (bicyclic) bond motifs is 7. The molecular weight excluding hydrogens is 1410 g/mol. The van der Waals surface area contributed by atoms with E-state index in [1.807, 2.05) is 0 Å². The number of benzene rings is 18. The number of anilines is 6. The molecule has 0 N–H and O–H groups in total. The number of aromatic nitrogens is 1. The lowest BCUT2D eigenvalue weighted by Crippen LogP contribution is -2.75. The van der Waals surface area contributed by atoms with Gasteiger partial charge in [-0.05, 0) is 198 Å². The first-order valence-corrected chi connectivity index (χ1v) is 43.6. The van der Waals surface area contributed by atoms with Crippen molar-refractivity contribution in [2.75, 3.05) is 9.80 Å². The molecule has 2 aliphatic heterocycles. The first-order chi connectivity index (χ1) is 56.5. The first kappa shape index (κ1) is 67.9. The third-order valence-electron chi connectivity index (χ3n) is 24.0. The zero-order valence-electron chi connectivity index (χ0n) is 62.8. The van der Waals surface area contributed by atoms with Crippen LogP contribution in [0.3, 0.4) is 0 Å². The van der Waals surface area contributed by atoms with Crippen molar-refractivity contribution in [1.29, 1.82) is 0 Å². The van der Waals surface area contributed by atoms with Crippen LogP contribution in [0.1, 0.15) is 0 Å².